The molecule has 0 spiro atoms. The van der Waals surface area contributed by atoms with Gasteiger partial charge in [-0.3, -0.25) is 0 Å². The number of nitrogens with zero attached hydrogens (tertiary/aromatic N) is 2. The fourth-order valence-electron chi connectivity index (χ4n) is 1.49. The first kappa shape index (κ1) is 10.9. The zero-order valence-electron chi connectivity index (χ0n) is 8.40. The lowest BCUT2D eigenvalue weighted by molar-refractivity contribution is 0.721. The van der Waals surface area contributed by atoms with E-state index in [4.69, 9.17) is 5.73 Å². The minimum atomic E-state index is 0.535. The highest BCUT2D eigenvalue weighted by Crippen LogP contribution is 2.23. The van der Waals surface area contributed by atoms with Crippen molar-refractivity contribution in [2.45, 2.75) is 20.0 Å². The van der Waals surface area contributed by atoms with Crippen LogP contribution >= 0.6 is 27.3 Å². The van der Waals surface area contributed by atoms with E-state index in [2.05, 4.69) is 37.6 Å². The summed E-state index contributed by atoms with van der Waals surface area (Å²) in [5, 5.41) is 0. The van der Waals surface area contributed by atoms with E-state index in [1.54, 1.807) is 11.3 Å². The zero-order valence-corrected chi connectivity index (χ0v) is 10.8. The summed E-state index contributed by atoms with van der Waals surface area (Å²) < 4.78 is 3.31. The van der Waals surface area contributed by atoms with Crippen molar-refractivity contribution < 1.29 is 0 Å². The molecule has 2 N–H and O–H groups in total. The number of nitrogens with two attached hydrogens (primary N) is 1. The predicted octanol–water partition coefficient (Wildman–Crippen LogP) is 2.52. The van der Waals surface area contributed by atoms with Gasteiger partial charge in [0.2, 0.25) is 0 Å². The molecule has 2 aromatic heterocycles. The van der Waals surface area contributed by atoms with E-state index in [1.165, 1.54) is 4.88 Å². The van der Waals surface area contributed by atoms with Gasteiger partial charge in [0, 0.05) is 17.6 Å². The van der Waals surface area contributed by atoms with Crippen LogP contribution in [0.1, 0.15) is 16.4 Å². The number of imidazole rings is 1. The first-order valence-corrected chi connectivity index (χ1v) is 6.27. The third-order valence-electron chi connectivity index (χ3n) is 2.29. The van der Waals surface area contributed by atoms with Gasteiger partial charge in [-0.2, -0.15) is 0 Å². The van der Waals surface area contributed by atoms with Crippen LogP contribution in [0.2, 0.25) is 0 Å². The molecule has 0 aliphatic rings. The van der Waals surface area contributed by atoms with Crippen LogP contribution in [0.25, 0.3) is 0 Å². The van der Waals surface area contributed by atoms with Gasteiger partial charge in [-0.05, 0) is 35.0 Å². The Hall–Kier alpha value is -0.650. The van der Waals surface area contributed by atoms with Gasteiger partial charge in [0.1, 0.15) is 5.82 Å². The molecule has 2 rings (SSSR count). The van der Waals surface area contributed by atoms with Crippen LogP contribution in [0.3, 0.4) is 0 Å². The van der Waals surface area contributed by atoms with Crippen molar-refractivity contribution in [1.82, 2.24) is 9.55 Å². The quantitative estimate of drug-likeness (QED) is 0.942. The van der Waals surface area contributed by atoms with Crippen molar-refractivity contribution in [2.75, 3.05) is 0 Å². The van der Waals surface area contributed by atoms with E-state index < -0.39 is 0 Å². The monoisotopic (exact) mass is 285 g/mol. The van der Waals surface area contributed by atoms with Crippen LogP contribution in [-0.4, -0.2) is 9.55 Å². The van der Waals surface area contributed by atoms with Gasteiger partial charge in [0.05, 0.1) is 16.0 Å². The van der Waals surface area contributed by atoms with Gasteiger partial charge in [-0.15, -0.1) is 11.3 Å². The molecular weight excluding hydrogens is 274 g/mol. The smallest absolute Gasteiger partial charge is 0.106 e. The number of hydrogen-bond donors (Lipinski definition) is 1. The summed E-state index contributed by atoms with van der Waals surface area (Å²) in [5.41, 5.74) is 6.74. The molecule has 0 aliphatic carbocycles. The van der Waals surface area contributed by atoms with E-state index in [9.17, 15) is 0 Å². The number of hydrogen-bond acceptors (Lipinski definition) is 3. The van der Waals surface area contributed by atoms with Gasteiger partial charge in [-0.1, -0.05) is 0 Å². The fourth-order valence-corrected chi connectivity index (χ4v) is 2.96. The Kier molecular flexibility index (Phi) is 3.23. The van der Waals surface area contributed by atoms with Crippen molar-refractivity contribution in [3.05, 3.63) is 38.5 Å². The van der Waals surface area contributed by atoms with Crippen LogP contribution in [-0.2, 0) is 13.1 Å². The predicted molar refractivity (Wildman–Crippen MR) is 66.0 cm³/mol. The first-order valence-electron chi connectivity index (χ1n) is 4.66. The number of aromatic nitrogens is 2. The van der Waals surface area contributed by atoms with Crippen molar-refractivity contribution in [3.63, 3.8) is 0 Å². The van der Waals surface area contributed by atoms with Crippen LogP contribution in [0, 0.1) is 6.92 Å². The third-order valence-corrected chi connectivity index (χ3v) is 3.90. The molecule has 0 saturated carbocycles. The second-order valence-electron chi connectivity index (χ2n) is 3.29. The second kappa shape index (κ2) is 4.47. The molecule has 0 amide bonds. The van der Waals surface area contributed by atoms with E-state index in [0.717, 1.165) is 21.8 Å². The molecule has 0 fully saturated rings. The number of thiophene rings is 1. The Morgan fingerprint density at radius 2 is 2.33 bits per heavy atom. The average molecular weight is 286 g/mol. The van der Waals surface area contributed by atoms with Crippen molar-refractivity contribution in [1.29, 1.82) is 0 Å². The average Bonchev–Trinajstić information content (AvgIpc) is 2.76. The number of aryl methyl sites for hydroxylation is 1. The van der Waals surface area contributed by atoms with E-state index in [0.29, 0.717) is 6.54 Å². The van der Waals surface area contributed by atoms with Crippen molar-refractivity contribution in [3.8, 4) is 0 Å². The SMILES string of the molecule is Cc1ncc(CN)n1Cc1ccc(Br)s1. The maximum atomic E-state index is 5.66. The molecule has 2 heterocycles. The molecule has 0 aromatic carbocycles. The molecule has 2 aromatic rings. The van der Waals surface area contributed by atoms with E-state index in [-0.39, 0.29) is 0 Å². The van der Waals surface area contributed by atoms with Crippen LogP contribution in [0.15, 0.2) is 22.1 Å². The van der Waals surface area contributed by atoms with Crippen molar-refractivity contribution >= 4 is 27.3 Å². The summed E-state index contributed by atoms with van der Waals surface area (Å²) in [6.45, 7) is 3.39. The topological polar surface area (TPSA) is 43.8 Å². The summed E-state index contributed by atoms with van der Waals surface area (Å²) in [6, 6.07) is 4.18. The van der Waals surface area contributed by atoms with E-state index in [1.807, 2.05) is 13.1 Å². The standard InChI is InChI=1S/C10H12BrN3S/c1-7-13-5-8(4-12)14(7)6-9-2-3-10(11)15-9/h2-3,5H,4,6,12H2,1H3. The molecule has 3 nitrogen and oxygen atoms in total. The summed E-state index contributed by atoms with van der Waals surface area (Å²) in [7, 11) is 0. The van der Waals surface area contributed by atoms with E-state index >= 15 is 0 Å². The molecule has 0 radical (unpaired) electrons. The highest BCUT2D eigenvalue weighted by Gasteiger charge is 2.06. The highest BCUT2D eigenvalue weighted by atomic mass is 79.9. The lowest BCUT2D eigenvalue weighted by Crippen LogP contribution is -2.08. The zero-order chi connectivity index (χ0) is 10.8. The van der Waals surface area contributed by atoms with Crippen molar-refractivity contribution in [2.24, 2.45) is 5.73 Å². The highest BCUT2D eigenvalue weighted by molar-refractivity contribution is 9.11. The Bertz CT molecular complexity index is 461. The molecule has 0 aliphatic heterocycles. The molecule has 0 saturated heterocycles. The molecule has 0 bridgehead atoms. The lowest BCUT2D eigenvalue weighted by atomic mass is 10.4. The van der Waals surface area contributed by atoms with Gasteiger partial charge in [-0.25, -0.2) is 4.98 Å². The molecular formula is C10H12BrN3S. The van der Waals surface area contributed by atoms with Gasteiger partial charge < -0.3 is 10.3 Å². The Morgan fingerprint density at radius 3 is 2.93 bits per heavy atom. The van der Waals surface area contributed by atoms with Gasteiger partial charge in [0.25, 0.3) is 0 Å². The molecule has 80 valence electrons. The summed E-state index contributed by atoms with van der Waals surface area (Å²) in [4.78, 5) is 5.57. The maximum absolute atomic E-state index is 5.66. The summed E-state index contributed by atoms with van der Waals surface area (Å²) in [5.74, 6) is 1.01. The Morgan fingerprint density at radius 1 is 1.53 bits per heavy atom. The minimum absolute atomic E-state index is 0.535. The molecule has 15 heavy (non-hydrogen) atoms. The van der Waals surface area contributed by atoms with Crippen LogP contribution < -0.4 is 5.73 Å². The number of halogens is 1. The third kappa shape index (κ3) is 2.30. The van der Waals surface area contributed by atoms with Gasteiger partial charge >= 0.3 is 0 Å². The normalized spacial score (nSPS) is 10.9. The molecule has 0 atom stereocenters. The molecule has 0 unspecified atom stereocenters. The van der Waals surface area contributed by atoms with Crippen LogP contribution in [0.5, 0.6) is 0 Å². The fraction of sp³-hybridized carbons (Fsp3) is 0.300. The Labute approximate surface area is 101 Å². The van der Waals surface area contributed by atoms with Crippen LogP contribution in [0.4, 0.5) is 0 Å². The minimum Gasteiger partial charge on any atom is -0.326 e. The van der Waals surface area contributed by atoms with Gasteiger partial charge in [0.15, 0.2) is 0 Å². The molecule has 5 heteroatoms. The maximum Gasteiger partial charge on any atom is 0.106 e. The summed E-state index contributed by atoms with van der Waals surface area (Å²) in [6.07, 6.45) is 1.85. The number of rotatable bonds is 3. The summed E-state index contributed by atoms with van der Waals surface area (Å²) >= 11 is 5.20. The first-order chi connectivity index (χ1) is 7.20. The largest absolute Gasteiger partial charge is 0.326 e. The second-order valence-corrected chi connectivity index (χ2v) is 5.84. The Balaban J connectivity index is 2.26. The lowest BCUT2D eigenvalue weighted by Gasteiger charge is -2.06.